The van der Waals surface area contributed by atoms with E-state index in [1.54, 1.807) is 0 Å². The number of aliphatic hydroxyl groups excluding tert-OH is 1. The molecular formula is C24H34N2O4. The molecule has 2 aliphatic rings. The van der Waals surface area contributed by atoms with Crippen molar-refractivity contribution in [1.82, 2.24) is 5.16 Å². The minimum Gasteiger partial charge on any atom is -0.511 e. The number of aryl methyl sites for hydroxylation is 1. The van der Waals surface area contributed by atoms with Crippen LogP contribution in [0.3, 0.4) is 0 Å². The lowest BCUT2D eigenvalue weighted by molar-refractivity contribution is -0.115. The van der Waals surface area contributed by atoms with Crippen LogP contribution in [-0.2, 0) is 17.6 Å². The molecule has 2 aliphatic carbocycles. The Kier molecular flexibility index (Phi) is 7.27. The molecule has 3 rings (SSSR count). The number of hydrogen-bond acceptors (Lipinski definition) is 6. The number of Topliss-reactive ketones (excluding diaryl/α,β-unsaturated/α-hetero) is 2. The summed E-state index contributed by atoms with van der Waals surface area (Å²) in [6, 6.07) is 0. The summed E-state index contributed by atoms with van der Waals surface area (Å²) in [7, 11) is 0. The number of aromatic nitrogens is 1. The SMILES string of the molecule is CCCCCCN=C1CCCC(=O)C1=C(O)CCc1noc2c1C(=O)CC(C)(C)C2. The maximum Gasteiger partial charge on any atom is 0.168 e. The zero-order chi connectivity index (χ0) is 21.7. The summed E-state index contributed by atoms with van der Waals surface area (Å²) in [6.07, 6.45) is 8.23. The van der Waals surface area contributed by atoms with Crippen LogP contribution in [0.2, 0.25) is 0 Å². The highest BCUT2D eigenvalue weighted by atomic mass is 16.5. The van der Waals surface area contributed by atoms with Crippen molar-refractivity contribution in [3.63, 3.8) is 0 Å². The van der Waals surface area contributed by atoms with Gasteiger partial charge in [-0.05, 0) is 24.7 Å². The minimum atomic E-state index is -0.123. The Hall–Kier alpha value is -2.24. The zero-order valence-corrected chi connectivity index (χ0v) is 18.6. The highest BCUT2D eigenvalue weighted by molar-refractivity contribution is 6.24. The van der Waals surface area contributed by atoms with Crippen LogP contribution in [0, 0.1) is 5.41 Å². The van der Waals surface area contributed by atoms with Crippen molar-refractivity contribution >= 4 is 17.3 Å². The first-order valence-electron chi connectivity index (χ1n) is 11.3. The molecule has 0 atom stereocenters. The Morgan fingerprint density at radius 3 is 2.70 bits per heavy atom. The molecule has 0 aliphatic heterocycles. The number of carbonyl (C=O) groups excluding carboxylic acids is 2. The van der Waals surface area contributed by atoms with Crippen LogP contribution in [0.1, 0.15) is 100 Å². The van der Waals surface area contributed by atoms with E-state index >= 15 is 0 Å². The topological polar surface area (TPSA) is 92.8 Å². The fraction of sp³-hybridized carbons (Fsp3) is 0.667. The van der Waals surface area contributed by atoms with Crippen LogP contribution < -0.4 is 0 Å². The summed E-state index contributed by atoms with van der Waals surface area (Å²) in [4.78, 5) is 29.7. The van der Waals surface area contributed by atoms with Crippen LogP contribution in [0.15, 0.2) is 20.8 Å². The van der Waals surface area contributed by atoms with Crippen molar-refractivity contribution < 1.29 is 19.2 Å². The summed E-state index contributed by atoms with van der Waals surface area (Å²) < 4.78 is 5.44. The largest absolute Gasteiger partial charge is 0.511 e. The maximum absolute atomic E-state index is 12.6. The molecule has 0 spiro atoms. The van der Waals surface area contributed by atoms with E-state index in [2.05, 4.69) is 17.1 Å². The Bertz CT molecular complexity index is 861. The molecule has 1 aromatic rings. The molecule has 0 aromatic carbocycles. The molecule has 1 saturated carbocycles. The molecule has 0 radical (unpaired) electrons. The number of fused-ring (bicyclic) bond motifs is 1. The van der Waals surface area contributed by atoms with Gasteiger partial charge >= 0.3 is 0 Å². The summed E-state index contributed by atoms with van der Waals surface area (Å²) in [5.74, 6) is 0.715. The van der Waals surface area contributed by atoms with Gasteiger partial charge in [-0.25, -0.2) is 0 Å². The van der Waals surface area contributed by atoms with Gasteiger partial charge in [0.2, 0.25) is 0 Å². The molecule has 0 amide bonds. The van der Waals surface area contributed by atoms with Gasteiger partial charge in [0.15, 0.2) is 11.6 Å². The predicted molar refractivity (Wildman–Crippen MR) is 116 cm³/mol. The summed E-state index contributed by atoms with van der Waals surface area (Å²) >= 11 is 0. The number of carbonyl (C=O) groups is 2. The fourth-order valence-corrected chi connectivity index (χ4v) is 4.42. The monoisotopic (exact) mass is 414 g/mol. The normalized spacial score (nSPS) is 21.8. The average molecular weight is 415 g/mol. The van der Waals surface area contributed by atoms with Crippen LogP contribution in [0.5, 0.6) is 0 Å². The van der Waals surface area contributed by atoms with Crippen molar-refractivity contribution in [1.29, 1.82) is 0 Å². The first kappa shape index (κ1) is 22.4. The number of rotatable bonds is 8. The Morgan fingerprint density at radius 1 is 1.13 bits per heavy atom. The van der Waals surface area contributed by atoms with Gasteiger partial charge in [0.25, 0.3) is 0 Å². The third-order valence-electron chi connectivity index (χ3n) is 5.98. The van der Waals surface area contributed by atoms with E-state index in [-0.39, 0.29) is 29.2 Å². The van der Waals surface area contributed by atoms with Gasteiger partial charge in [0.1, 0.15) is 11.5 Å². The van der Waals surface area contributed by atoms with Crippen LogP contribution >= 0.6 is 0 Å². The number of nitrogens with zero attached hydrogens (tertiary/aromatic N) is 2. The molecule has 0 saturated heterocycles. The standard InChI is InChI=1S/C24H34N2O4/c1-4-5-6-7-13-25-16-9-8-10-18(27)22(16)19(28)12-11-17-23-20(29)14-24(2,3)15-21(23)30-26-17/h28H,4-15H2,1-3H3. The molecule has 0 unspecified atom stereocenters. The van der Waals surface area contributed by atoms with Crippen molar-refractivity contribution in [3.8, 4) is 0 Å². The quantitative estimate of drug-likeness (QED) is 0.352. The van der Waals surface area contributed by atoms with Gasteiger partial charge in [-0.15, -0.1) is 0 Å². The lowest BCUT2D eigenvalue weighted by Crippen LogP contribution is -2.26. The first-order chi connectivity index (χ1) is 14.3. The Morgan fingerprint density at radius 2 is 1.93 bits per heavy atom. The van der Waals surface area contributed by atoms with E-state index in [0.717, 1.165) is 31.4 Å². The zero-order valence-electron chi connectivity index (χ0n) is 18.6. The molecule has 30 heavy (non-hydrogen) atoms. The Labute approximate surface area is 178 Å². The third-order valence-corrected chi connectivity index (χ3v) is 5.98. The number of hydrogen-bond donors (Lipinski definition) is 1. The van der Waals surface area contributed by atoms with Gasteiger partial charge in [0, 0.05) is 44.4 Å². The van der Waals surface area contributed by atoms with Crippen LogP contribution in [0.4, 0.5) is 0 Å². The van der Waals surface area contributed by atoms with E-state index in [0.29, 0.717) is 54.8 Å². The predicted octanol–water partition coefficient (Wildman–Crippen LogP) is 5.35. The van der Waals surface area contributed by atoms with Gasteiger partial charge in [-0.1, -0.05) is 45.2 Å². The molecule has 6 heteroatoms. The van der Waals surface area contributed by atoms with E-state index in [1.807, 2.05) is 13.8 Å². The van der Waals surface area contributed by atoms with E-state index in [1.165, 1.54) is 12.8 Å². The minimum absolute atomic E-state index is 0.0361. The smallest absolute Gasteiger partial charge is 0.168 e. The average Bonchev–Trinajstić information content (AvgIpc) is 3.08. The molecule has 1 N–H and O–H groups in total. The van der Waals surface area contributed by atoms with Crippen LogP contribution in [0.25, 0.3) is 0 Å². The summed E-state index contributed by atoms with van der Waals surface area (Å²) in [5.41, 5.74) is 2.16. The van der Waals surface area contributed by atoms with Crippen LogP contribution in [-0.4, -0.2) is 34.1 Å². The van der Waals surface area contributed by atoms with E-state index in [9.17, 15) is 14.7 Å². The van der Waals surface area contributed by atoms with Gasteiger partial charge < -0.3 is 9.63 Å². The van der Waals surface area contributed by atoms with E-state index < -0.39 is 0 Å². The second-order valence-corrected chi connectivity index (χ2v) is 9.36. The van der Waals surface area contributed by atoms with Crippen molar-refractivity contribution in [2.24, 2.45) is 10.4 Å². The number of unbranched alkanes of at least 4 members (excludes halogenated alkanes) is 3. The molecule has 1 heterocycles. The van der Waals surface area contributed by atoms with Gasteiger partial charge in [0.05, 0.1) is 16.8 Å². The second-order valence-electron chi connectivity index (χ2n) is 9.36. The lowest BCUT2D eigenvalue weighted by Gasteiger charge is -2.26. The Balaban J connectivity index is 1.72. The highest BCUT2D eigenvalue weighted by Crippen LogP contribution is 2.36. The fourth-order valence-electron chi connectivity index (χ4n) is 4.42. The van der Waals surface area contributed by atoms with Crippen molar-refractivity contribution in [2.75, 3.05) is 6.54 Å². The third kappa shape index (κ3) is 5.27. The molecule has 164 valence electrons. The summed E-state index contributed by atoms with van der Waals surface area (Å²) in [5, 5.41) is 14.8. The number of aliphatic imine (C=N–C) groups is 1. The number of aliphatic hydroxyl groups is 1. The van der Waals surface area contributed by atoms with Gasteiger partial charge in [-0.3, -0.25) is 14.6 Å². The van der Waals surface area contributed by atoms with E-state index in [4.69, 9.17) is 4.52 Å². The molecule has 1 fully saturated rings. The molecule has 6 nitrogen and oxygen atoms in total. The van der Waals surface area contributed by atoms with Crippen molar-refractivity contribution in [2.45, 2.75) is 91.4 Å². The molecule has 0 bridgehead atoms. The maximum atomic E-state index is 12.6. The first-order valence-corrected chi connectivity index (χ1v) is 11.3. The van der Waals surface area contributed by atoms with Gasteiger partial charge in [-0.2, -0.15) is 0 Å². The van der Waals surface area contributed by atoms with Crippen molar-refractivity contribution in [3.05, 3.63) is 28.3 Å². The molecule has 1 aromatic heterocycles. The number of allylic oxidation sites excluding steroid dienone is 2. The summed E-state index contributed by atoms with van der Waals surface area (Å²) in [6.45, 7) is 6.96. The second kappa shape index (κ2) is 9.71. The molecular weight excluding hydrogens is 380 g/mol. The highest BCUT2D eigenvalue weighted by Gasteiger charge is 2.36. The number of ketones is 2. The lowest BCUT2D eigenvalue weighted by atomic mass is 9.76.